The quantitative estimate of drug-likeness (QED) is 0.290. The van der Waals surface area contributed by atoms with Crippen LogP contribution in [0.3, 0.4) is 0 Å². The van der Waals surface area contributed by atoms with E-state index in [-0.39, 0.29) is 5.57 Å². The van der Waals surface area contributed by atoms with Crippen molar-refractivity contribution >= 4 is 39.6 Å². The van der Waals surface area contributed by atoms with Crippen LogP contribution in [0.15, 0.2) is 58.6 Å². The minimum atomic E-state index is -0.487. The summed E-state index contributed by atoms with van der Waals surface area (Å²) in [5.74, 6) is -0.899. The molecule has 1 heterocycles. The maximum absolute atomic E-state index is 12.7. The van der Waals surface area contributed by atoms with E-state index in [0.29, 0.717) is 11.3 Å². The van der Waals surface area contributed by atoms with Gasteiger partial charge in [-0.1, -0.05) is 28.1 Å². The minimum absolute atomic E-state index is 0.00902. The number of halogens is 1. The van der Waals surface area contributed by atoms with Crippen LogP contribution in [-0.4, -0.2) is 23.6 Å². The number of carbonyl (C=O) groups excluding carboxylic acids is 2. The lowest BCUT2D eigenvalue weighted by atomic mass is 10.1. The Morgan fingerprint density at radius 2 is 1.88 bits per heavy atom. The first kappa shape index (κ1) is 23.0. The van der Waals surface area contributed by atoms with Crippen molar-refractivity contribution in [2.45, 2.75) is 20.8 Å². The zero-order valence-electron chi connectivity index (χ0n) is 18.2. The maximum Gasteiger partial charge on any atom is 0.337 e. The number of rotatable bonds is 5. The molecule has 0 saturated heterocycles. The predicted molar refractivity (Wildman–Crippen MR) is 128 cm³/mol. The molecule has 6 nitrogen and oxygen atoms in total. The fraction of sp³-hybridized carbons (Fsp3) is 0.160. The molecule has 0 atom stereocenters. The van der Waals surface area contributed by atoms with Gasteiger partial charge in [-0.15, -0.1) is 0 Å². The maximum atomic E-state index is 12.7. The molecular formula is C25H22BrN3O3. The fourth-order valence-electron chi connectivity index (χ4n) is 3.47. The summed E-state index contributed by atoms with van der Waals surface area (Å²) in [7, 11) is 1.35. The lowest BCUT2D eigenvalue weighted by Gasteiger charge is -2.14. The van der Waals surface area contributed by atoms with Crippen molar-refractivity contribution in [1.29, 1.82) is 5.26 Å². The molecule has 0 radical (unpaired) electrons. The van der Waals surface area contributed by atoms with Gasteiger partial charge in [-0.25, -0.2) is 4.79 Å². The number of amides is 1. The van der Waals surface area contributed by atoms with Crippen LogP contribution >= 0.6 is 15.9 Å². The summed E-state index contributed by atoms with van der Waals surface area (Å²) in [5.41, 5.74) is 5.33. The van der Waals surface area contributed by atoms with Crippen LogP contribution in [0.5, 0.6) is 0 Å². The number of esters is 1. The summed E-state index contributed by atoms with van der Waals surface area (Å²) in [5, 5.41) is 12.3. The van der Waals surface area contributed by atoms with Gasteiger partial charge in [0.1, 0.15) is 11.6 Å². The summed E-state index contributed by atoms with van der Waals surface area (Å²) in [4.78, 5) is 24.7. The lowest BCUT2D eigenvalue weighted by Crippen LogP contribution is -2.13. The van der Waals surface area contributed by atoms with E-state index in [9.17, 15) is 14.9 Å². The lowest BCUT2D eigenvalue weighted by molar-refractivity contribution is -0.112. The molecule has 0 aliphatic carbocycles. The summed E-state index contributed by atoms with van der Waals surface area (Å²) in [6.45, 7) is 5.80. The van der Waals surface area contributed by atoms with E-state index in [0.717, 1.165) is 32.7 Å². The van der Waals surface area contributed by atoms with Crippen molar-refractivity contribution < 1.29 is 14.3 Å². The third-order valence-corrected chi connectivity index (χ3v) is 5.58. The van der Waals surface area contributed by atoms with Gasteiger partial charge in [-0.05, 0) is 74.4 Å². The molecule has 1 N–H and O–H groups in total. The van der Waals surface area contributed by atoms with E-state index >= 15 is 0 Å². The first-order chi connectivity index (χ1) is 15.2. The van der Waals surface area contributed by atoms with Gasteiger partial charge in [0.05, 0.1) is 12.7 Å². The molecule has 0 spiro atoms. The van der Waals surface area contributed by atoms with Crippen LogP contribution in [0.4, 0.5) is 5.69 Å². The van der Waals surface area contributed by atoms with Gasteiger partial charge in [0.25, 0.3) is 5.91 Å². The number of nitrogens with one attached hydrogen (secondary N) is 1. The van der Waals surface area contributed by atoms with E-state index < -0.39 is 11.9 Å². The highest BCUT2D eigenvalue weighted by Crippen LogP contribution is 2.26. The smallest absolute Gasteiger partial charge is 0.337 e. The second-order valence-electron chi connectivity index (χ2n) is 7.29. The zero-order chi connectivity index (χ0) is 23.4. The molecular weight excluding hydrogens is 470 g/mol. The second kappa shape index (κ2) is 9.67. The molecule has 32 heavy (non-hydrogen) atoms. The van der Waals surface area contributed by atoms with Crippen molar-refractivity contribution in [1.82, 2.24) is 4.57 Å². The van der Waals surface area contributed by atoms with Gasteiger partial charge in [-0.2, -0.15) is 5.26 Å². The number of ether oxygens (including phenoxy) is 1. The van der Waals surface area contributed by atoms with Gasteiger partial charge < -0.3 is 14.6 Å². The Morgan fingerprint density at radius 1 is 1.12 bits per heavy atom. The Balaban J connectivity index is 2.00. The second-order valence-corrected chi connectivity index (χ2v) is 8.20. The van der Waals surface area contributed by atoms with Gasteiger partial charge in [0, 0.05) is 27.2 Å². The highest BCUT2D eigenvalue weighted by Gasteiger charge is 2.16. The standard InChI is InChI=1S/C25H22BrN3O3/c1-15-8-9-18(25(31)32-4)12-23(15)29-16(2)10-19(17(29)3)11-20(14-27)24(30)28-22-7-5-6-21(26)13-22/h5-13H,1-4H3,(H,28,30)/b20-11-. The Labute approximate surface area is 195 Å². The van der Waals surface area contributed by atoms with Gasteiger partial charge in [0.2, 0.25) is 0 Å². The number of hydrogen-bond donors (Lipinski definition) is 1. The SMILES string of the molecule is COC(=O)c1ccc(C)c(-n2c(C)cc(/C=C(/C#N)C(=O)Nc3cccc(Br)c3)c2C)c1. The third-order valence-electron chi connectivity index (χ3n) is 5.09. The molecule has 162 valence electrons. The van der Waals surface area contributed by atoms with Gasteiger partial charge >= 0.3 is 5.97 Å². The molecule has 1 amide bonds. The highest BCUT2D eigenvalue weighted by molar-refractivity contribution is 9.10. The van der Waals surface area contributed by atoms with Crippen LogP contribution in [0.25, 0.3) is 11.8 Å². The number of benzene rings is 2. The zero-order valence-corrected chi connectivity index (χ0v) is 19.8. The minimum Gasteiger partial charge on any atom is -0.465 e. The van der Waals surface area contributed by atoms with E-state index in [1.54, 1.807) is 36.4 Å². The summed E-state index contributed by atoms with van der Waals surface area (Å²) < 4.78 is 7.66. The number of aromatic nitrogens is 1. The Bertz CT molecular complexity index is 1280. The number of aryl methyl sites for hydroxylation is 2. The summed E-state index contributed by atoms with van der Waals surface area (Å²) in [6.07, 6.45) is 1.58. The average Bonchev–Trinajstić information content (AvgIpc) is 3.04. The molecule has 0 saturated carbocycles. The van der Waals surface area contributed by atoms with E-state index in [4.69, 9.17) is 4.74 Å². The van der Waals surface area contributed by atoms with Crippen molar-refractivity contribution in [3.05, 3.63) is 86.7 Å². The van der Waals surface area contributed by atoms with Crippen LogP contribution in [0.1, 0.15) is 32.9 Å². The summed E-state index contributed by atoms with van der Waals surface area (Å²) >= 11 is 3.36. The number of methoxy groups -OCH3 is 1. The first-order valence-electron chi connectivity index (χ1n) is 9.82. The molecule has 0 aliphatic heterocycles. The van der Waals surface area contributed by atoms with Crippen molar-refractivity contribution in [2.75, 3.05) is 12.4 Å². The number of nitrogens with zero attached hydrogens (tertiary/aromatic N) is 2. The van der Waals surface area contributed by atoms with Crippen LogP contribution in [-0.2, 0) is 9.53 Å². The molecule has 0 aliphatic rings. The number of hydrogen-bond acceptors (Lipinski definition) is 4. The van der Waals surface area contributed by atoms with E-state index in [1.807, 2.05) is 49.6 Å². The summed E-state index contributed by atoms with van der Waals surface area (Å²) in [6, 6.07) is 16.4. The number of nitriles is 1. The largest absolute Gasteiger partial charge is 0.465 e. The highest BCUT2D eigenvalue weighted by atomic mass is 79.9. The van der Waals surface area contributed by atoms with Gasteiger partial charge in [-0.3, -0.25) is 4.79 Å². The Hall–Kier alpha value is -3.63. The first-order valence-corrected chi connectivity index (χ1v) is 10.6. The molecule has 0 unspecified atom stereocenters. The molecule has 0 fully saturated rings. The Kier molecular flexibility index (Phi) is 6.96. The normalized spacial score (nSPS) is 11.1. The monoisotopic (exact) mass is 491 g/mol. The topological polar surface area (TPSA) is 84.1 Å². The van der Waals surface area contributed by atoms with Crippen molar-refractivity contribution in [3.8, 4) is 11.8 Å². The van der Waals surface area contributed by atoms with Crippen LogP contribution in [0.2, 0.25) is 0 Å². The van der Waals surface area contributed by atoms with E-state index in [2.05, 4.69) is 21.2 Å². The molecule has 2 aromatic carbocycles. The Morgan fingerprint density at radius 3 is 2.53 bits per heavy atom. The molecule has 3 rings (SSSR count). The van der Waals surface area contributed by atoms with Crippen molar-refractivity contribution in [3.63, 3.8) is 0 Å². The van der Waals surface area contributed by atoms with Crippen LogP contribution < -0.4 is 5.32 Å². The van der Waals surface area contributed by atoms with Crippen LogP contribution in [0, 0.1) is 32.1 Å². The van der Waals surface area contributed by atoms with Crippen molar-refractivity contribution in [2.24, 2.45) is 0 Å². The molecule has 3 aromatic rings. The predicted octanol–water partition coefficient (Wildman–Crippen LogP) is 5.50. The molecule has 0 bridgehead atoms. The molecule has 7 heteroatoms. The average molecular weight is 492 g/mol. The fourth-order valence-corrected chi connectivity index (χ4v) is 3.87. The third kappa shape index (κ3) is 4.82. The van der Waals surface area contributed by atoms with E-state index in [1.165, 1.54) is 7.11 Å². The van der Waals surface area contributed by atoms with Gasteiger partial charge in [0.15, 0.2) is 0 Å². The number of anilines is 1. The number of carbonyl (C=O) groups is 2. The molecule has 1 aromatic heterocycles.